The third kappa shape index (κ3) is 3.51. The Morgan fingerprint density at radius 3 is 2.30 bits per heavy atom. The second kappa shape index (κ2) is 6.10. The minimum absolute atomic E-state index is 0.260. The Morgan fingerprint density at radius 1 is 1.05 bits per heavy atom. The fourth-order valence-electron chi connectivity index (χ4n) is 1.66. The largest absolute Gasteiger partial charge is 0.272 e. The van der Waals surface area contributed by atoms with Gasteiger partial charge in [-0.1, -0.05) is 29.8 Å². The molecule has 1 amide bonds. The molecule has 2 rings (SSSR count). The lowest BCUT2D eigenvalue weighted by Crippen LogP contribution is -2.19. The van der Waals surface area contributed by atoms with Crippen LogP contribution < -0.4 is 5.43 Å². The van der Waals surface area contributed by atoms with Crippen molar-refractivity contribution in [1.29, 1.82) is 0 Å². The van der Waals surface area contributed by atoms with E-state index >= 15 is 0 Å². The Balaban J connectivity index is 2.06. The fraction of sp³-hybridized carbons (Fsp3) is 0.188. The van der Waals surface area contributed by atoms with Crippen molar-refractivity contribution in [1.82, 2.24) is 10.4 Å². The van der Waals surface area contributed by atoms with E-state index in [4.69, 9.17) is 0 Å². The molecule has 4 nitrogen and oxygen atoms in total. The van der Waals surface area contributed by atoms with Gasteiger partial charge in [0.15, 0.2) is 0 Å². The lowest BCUT2D eigenvalue weighted by Gasteiger charge is -2.03. The summed E-state index contributed by atoms with van der Waals surface area (Å²) in [6, 6.07) is 11.5. The van der Waals surface area contributed by atoms with Gasteiger partial charge in [0, 0.05) is 11.9 Å². The molecule has 1 aromatic carbocycles. The summed E-state index contributed by atoms with van der Waals surface area (Å²) in [5.41, 5.74) is 6.85. The van der Waals surface area contributed by atoms with Crippen LogP contribution in [0.25, 0.3) is 0 Å². The fourth-order valence-corrected chi connectivity index (χ4v) is 1.66. The second-order valence-electron chi connectivity index (χ2n) is 4.69. The Kier molecular flexibility index (Phi) is 4.25. The maximum Gasteiger partial charge on any atom is 0.272 e. The molecular formula is C16H17N3O. The monoisotopic (exact) mass is 267 g/mol. The van der Waals surface area contributed by atoms with Crippen LogP contribution in [0.1, 0.15) is 34.1 Å². The van der Waals surface area contributed by atoms with Crippen LogP contribution in [0.4, 0.5) is 0 Å². The van der Waals surface area contributed by atoms with Gasteiger partial charge in [0.25, 0.3) is 5.91 Å². The van der Waals surface area contributed by atoms with E-state index in [2.05, 4.69) is 15.5 Å². The lowest BCUT2D eigenvalue weighted by molar-refractivity contribution is 0.0954. The summed E-state index contributed by atoms with van der Waals surface area (Å²) in [5.74, 6) is -0.260. The highest BCUT2D eigenvalue weighted by molar-refractivity contribution is 6.00. The molecule has 4 heteroatoms. The third-order valence-electron chi connectivity index (χ3n) is 2.97. The summed E-state index contributed by atoms with van der Waals surface area (Å²) >= 11 is 0. The Bertz CT molecular complexity index is 628. The van der Waals surface area contributed by atoms with E-state index in [9.17, 15) is 4.79 Å². The zero-order valence-corrected chi connectivity index (χ0v) is 11.8. The van der Waals surface area contributed by atoms with Gasteiger partial charge in [-0.15, -0.1) is 0 Å². The van der Waals surface area contributed by atoms with Crippen molar-refractivity contribution in [2.75, 3.05) is 0 Å². The van der Waals surface area contributed by atoms with E-state index in [-0.39, 0.29) is 5.91 Å². The molecule has 0 bridgehead atoms. The number of hydrogen-bond donors (Lipinski definition) is 1. The predicted molar refractivity (Wildman–Crippen MR) is 79.8 cm³/mol. The number of carbonyl (C=O) groups excluding carboxylic acids is 1. The highest BCUT2D eigenvalue weighted by atomic mass is 16.2. The number of aromatic nitrogens is 1. The van der Waals surface area contributed by atoms with Gasteiger partial charge >= 0.3 is 0 Å². The van der Waals surface area contributed by atoms with Gasteiger partial charge in [0.2, 0.25) is 0 Å². The van der Waals surface area contributed by atoms with Crippen LogP contribution in [-0.2, 0) is 0 Å². The molecule has 0 spiro atoms. The van der Waals surface area contributed by atoms with Gasteiger partial charge < -0.3 is 0 Å². The van der Waals surface area contributed by atoms with Gasteiger partial charge in [-0.25, -0.2) is 5.43 Å². The molecule has 0 atom stereocenters. The number of hydrazone groups is 1. The van der Waals surface area contributed by atoms with Crippen molar-refractivity contribution < 1.29 is 4.79 Å². The lowest BCUT2D eigenvalue weighted by atomic mass is 10.1. The maximum atomic E-state index is 11.9. The van der Waals surface area contributed by atoms with Crippen LogP contribution in [0.2, 0.25) is 0 Å². The first kappa shape index (κ1) is 13.9. The molecule has 0 unspecified atom stereocenters. The number of pyridine rings is 1. The summed E-state index contributed by atoms with van der Waals surface area (Å²) in [6.07, 6.45) is 1.54. The summed E-state index contributed by atoms with van der Waals surface area (Å²) in [7, 11) is 0. The van der Waals surface area contributed by atoms with Crippen molar-refractivity contribution in [3.8, 4) is 0 Å². The Hall–Kier alpha value is -2.49. The quantitative estimate of drug-likeness (QED) is 0.686. The topological polar surface area (TPSA) is 54.4 Å². The third-order valence-corrected chi connectivity index (χ3v) is 2.97. The van der Waals surface area contributed by atoms with Gasteiger partial charge in [-0.3, -0.25) is 9.78 Å². The van der Waals surface area contributed by atoms with Crippen LogP contribution in [0.3, 0.4) is 0 Å². The van der Waals surface area contributed by atoms with E-state index in [0.29, 0.717) is 5.56 Å². The molecule has 0 radical (unpaired) electrons. The molecule has 0 fully saturated rings. The minimum Gasteiger partial charge on any atom is -0.267 e. The van der Waals surface area contributed by atoms with E-state index in [1.165, 1.54) is 5.56 Å². The van der Waals surface area contributed by atoms with Crippen LogP contribution >= 0.6 is 0 Å². The normalized spacial score (nSPS) is 11.2. The maximum absolute atomic E-state index is 11.9. The van der Waals surface area contributed by atoms with Gasteiger partial charge in [0.05, 0.1) is 11.3 Å². The molecular weight excluding hydrogens is 250 g/mol. The van der Waals surface area contributed by atoms with Gasteiger partial charge in [0.1, 0.15) is 0 Å². The SMILES string of the molecule is C/C(=N/NC(=O)c1ccc(C)nc1)c1ccc(C)cc1. The number of amides is 1. The molecule has 2 aromatic rings. The molecule has 0 aliphatic carbocycles. The summed E-state index contributed by atoms with van der Waals surface area (Å²) < 4.78 is 0. The number of aryl methyl sites for hydroxylation is 2. The van der Waals surface area contributed by atoms with E-state index in [1.807, 2.05) is 45.0 Å². The summed E-state index contributed by atoms with van der Waals surface area (Å²) in [4.78, 5) is 16.0. The first-order valence-corrected chi connectivity index (χ1v) is 6.40. The van der Waals surface area contributed by atoms with Crippen molar-refractivity contribution >= 4 is 11.6 Å². The summed E-state index contributed by atoms with van der Waals surface area (Å²) in [5, 5.41) is 4.11. The number of benzene rings is 1. The van der Waals surface area contributed by atoms with Crippen molar-refractivity contribution in [3.63, 3.8) is 0 Å². The Morgan fingerprint density at radius 2 is 1.70 bits per heavy atom. The number of hydrogen-bond acceptors (Lipinski definition) is 3. The van der Waals surface area contributed by atoms with Crippen LogP contribution in [-0.4, -0.2) is 16.6 Å². The zero-order valence-electron chi connectivity index (χ0n) is 11.8. The number of nitrogens with one attached hydrogen (secondary N) is 1. The molecule has 0 saturated carbocycles. The van der Waals surface area contributed by atoms with Crippen LogP contribution in [0.5, 0.6) is 0 Å². The standard InChI is InChI=1S/C16H17N3O/c1-11-4-7-14(8-5-11)13(3)18-19-16(20)15-9-6-12(2)17-10-15/h4-10H,1-3H3,(H,19,20)/b18-13-. The number of nitrogens with zero attached hydrogens (tertiary/aromatic N) is 2. The second-order valence-corrected chi connectivity index (χ2v) is 4.69. The molecule has 20 heavy (non-hydrogen) atoms. The summed E-state index contributed by atoms with van der Waals surface area (Å²) in [6.45, 7) is 5.77. The molecule has 1 aromatic heterocycles. The van der Waals surface area contributed by atoms with E-state index < -0.39 is 0 Å². The average Bonchev–Trinajstić information content (AvgIpc) is 2.46. The molecule has 102 valence electrons. The van der Waals surface area contributed by atoms with Crippen molar-refractivity contribution in [2.45, 2.75) is 20.8 Å². The molecule has 1 N–H and O–H groups in total. The molecule has 1 heterocycles. The molecule has 0 aliphatic heterocycles. The van der Waals surface area contributed by atoms with Gasteiger partial charge in [-0.2, -0.15) is 5.10 Å². The average molecular weight is 267 g/mol. The van der Waals surface area contributed by atoms with Crippen LogP contribution in [0.15, 0.2) is 47.7 Å². The van der Waals surface area contributed by atoms with Crippen LogP contribution in [0, 0.1) is 13.8 Å². The first-order valence-electron chi connectivity index (χ1n) is 6.40. The predicted octanol–water partition coefficient (Wildman–Crippen LogP) is 2.85. The van der Waals surface area contributed by atoms with E-state index in [0.717, 1.165) is 17.0 Å². The van der Waals surface area contributed by atoms with E-state index in [1.54, 1.807) is 18.3 Å². The molecule has 0 saturated heterocycles. The smallest absolute Gasteiger partial charge is 0.267 e. The number of rotatable bonds is 3. The highest BCUT2D eigenvalue weighted by Gasteiger charge is 2.05. The number of carbonyl (C=O) groups is 1. The zero-order chi connectivity index (χ0) is 14.5. The van der Waals surface area contributed by atoms with Crippen molar-refractivity contribution in [2.24, 2.45) is 5.10 Å². The minimum atomic E-state index is -0.260. The first-order chi connectivity index (χ1) is 9.56. The van der Waals surface area contributed by atoms with Gasteiger partial charge in [-0.05, 0) is 38.5 Å². The molecule has 0 aliphatic rings. The Labute approximate surface area is 118 Å². The van der Waals surface area contributed by atoms with Crippen molar-refractivity contribution in [3.05, 3.63) is 65.0 Å². The highest BCUT2D eigenvalue weighted by Crippen LogP contribution is 2.04.